The van der Waals surface area contributed by atoms with Crippen LogP contribution in [0.3, 0.4) is 0 Å². The van der Waals surface area contributed by atoms with Gasteiger partial charge in [0.05, 0.1) is 18.8 Å². The highest BCUT2D eigenvalue weighted by Gasteiger charge is 2.36. The second kappa shape index (κ2) is 5.66. The van der Waals surface area contributed by atoms with Gasteiger partial charge in [0.2, 0.25) is 5.91 Å². The molecule has 2 rings (SSSR count). The summed E-state index contributed by atoms with van der Waals surface area (Å²) < 4.78 is 5.53. The van der Waals surface area contributed by atoms with E-state index in [9.17, 15) is 15.0 Å². The maximum absolute atomic E-state index is 11.1. The second-order valence-electron chi connectivity index (χ2n) is 4.63. The fourth-order valence-corrected chi connectivity index (χ4v) is 2.21. The molecule has 1 aliphatic heterocycles. The summed E-state index contributed by atoms with van der Waals surface area (Å²) in [4.78, 5) is 11.1. The Balaban J connectivity index is 2.22. The number of ether oxygens (including phenoxy) is 1. The van der Waals surface area contributed by atoms with Crippen molar-refractivity contribution >= 4 is 5.91 Å². The summed E-state index contributed by atoms with van der Waals surface area (Å²) in [5.41, 5.74) is 6.24. The molecule has 1 saturated heterocycles. The van der Waals surface area contributed by atoms with Crippen LogP contribution in [0.2, 0.25) is 0 Å². The number of nitrogens with two attached hydrogens (primary N) is 1. The van der Waals surface area contributed by atoms with Gasteiger partial charge in [0.25, 0.3) is 0 Å². The molecule has 0 aliphatic carbocycles. The third-order valence-corrected chi connectivity index (χ3v) is 3.29. The Bertz CT molecular complexity index is 464. The highest BCUT2D eigenvalue weighted by Crippen LogP contribution is 2.32. The molecule has 0 unspecified atom stereocenters. The van der Waals surface area contributed by atoms with Gasteiger partial charge in [0.1, 0.15) is 12.2 Å². The molecule has 0 saturated carbocycles. The lowest BCUT2D eigenvalue weighted by atomic mass is 9.93. The predicted molar refractivity (Wildman–Crippen MR) is 66.3 cm³/mol. The van der Waals surface area contributed by atoms with Gasteiger partial charge in [-0.15, -0.1) is 0 Å². The van der Waals surface area contributed by atoms with E-state index >= 15 is 0 Å². The van der Waals surface area contributed by atoms with E-state index < -0.39 is 30.3 Å². The van der Waals surface area contributed by atoms with Crippen LogP contribution in [-0.4, -0.2) is 46.1 Å². The van der Waals surface area contributed by atoms with Crippen LogP contribution in [0.25, 0.3) is 0 Å². The van der Waals surface area contributed by atoms with Gasteiger partial charge >= 0.3 is 0 Å². The molecule has 1 aromatic rings. The van der Waals surface area contributed by atoms with E-state index in [0.29, 0.717) is 11.1 Å². The van der Waals surface area contributed by atoms with Gasteiger partial charge in [0, 0.05) is 12.0 Å². The standard InChI is InChI=1S/C13H17NO5/c14-13(18)8-3-1-2-7(4-8)10-5-9(16)12(17)11(6-15)19-10/h1-4,9-12,15-17H,5-6H2,(H2,14,18)/t9-,10-,11-,12+/m1/s1. The van der Waals surface area contributed by atoms with E-state index in [2.05, 4.69) is 0 Å². The van der Waals surface area contributed by atoms with Crippen molar-refractivity contribution in [2.75, 3.05) is 6.61 Å². The van der Waals surface area contributed by atoms with Crippen LogP contribution in [0.4, 0.5) is 0 Å². The molecular weight excluding hydrogens is 250 g/mol. The molecule has 0 bridgehead atoms. The number of benzene rings is 1. The minimum atomic E-state index is -1.11. The molecule has 1 aromatic carbocycles. The van der Waals surface area contributed by atoms with Gasteiger partial charge in [-0.1, -0.05) is 12.1 Å². The number of primary amides is 1. The summed E-state index contributed by atoms with van der Waals surface area (Å²) in [5.74, 6) is -0.544. The number of hydrogen-bond donors (Lipinski definition) is 4. The van der Waals surface area contributed by atoms with Gasteiger partial charge in [-0.25, -0.2) is 0 Å². The van der Waals surface area contributed by atoms with Crippen LogP contribution >= 0.6 is 0 Å². The van der Waals surface area contributed by atoms with Crippen molar-refractivity contribution in [1.29, 1.82) is 0 Å². The van der Waals surface area contributed by atoms with Gasteiger partial charge in [-0.05, 0) is 17.7 Å². The first kappa shape index (κ1) is 14.0. The van der Waals surface area contributed by atoms with Crippen LogP contribution in [0, 0.1) is 0 Å². The van der Waals surface area contributed by atoms with Crippen LogP contribution < -0.4 is 5.73 Å². The third kappa shape index (κ3) is 2.93. The average Bonchev–Trinajstić information content (AvgIpc) is 2.41. The van der Waals surface area contributed by atoms with Crippen LogP contribution in [0.5, 0.6) is 0 Å². The molecule has 0 radical (unpaired) electrons. The normalized spacial score (nSPS) is 31.1. The molecule has 6 nitrogen and oxygen atoms in total. The first-order valence-electron chi connectivity index (χ1n) is 6.05. The van der Waals surface area contributed by atoms with Gasteiger partial charge in [0.15, 0.2) is 0 Å². The number of aliphatic hydroxyl groups excluding tert-OH is 3. The highest BCUT2D eigenvalue weighted by molar-refractivity contribution is 5.92. The Morgan fingerprint density at radius 2 is 2.16 bits per heavy atom. The average molecular weight is 267 g/mol. The highest BCUT2D eigenvalue weighted by atomic mass is 16.5. The smallest absolute Gasteiger partial charge is 0.248 e. The minimum absolute atomic E-state index is 0.194. The van der Waals surface area contributed by atoms with E-state index in [1.165, 1.54) is 0 Å². The van der Waals surface area contributed by atoms with Crippen molar-refractivity contribution in [1.82, 2.24) is 0 Å². The van der Waals surface area contributed by atoms with Crippen molar-refractivity contribution in [2.45, 2.75) is 30.8 Å². The molecule has 1 amide bonds. The lowest BCUT2D eigenvalue weighted by Crippen LogP contribution is -2.47. The van der Waals surface area contributed by atoms with E-state index in [4.69, 9.17) is 15.6 Å². The topological polar surface area (TPSA) is 113 Å². The predicted octanol–water partition coefficient (Wildman–Crippen LogP) is -0.670. The minimum Gasteiger partial charge on any atom is -0.394 e. The SMILES string of the molecule is NC(=O)c1cccc([C@H]2C[C@@H](O)[C@H](O)[C@@H](CO)O2)c1. The molecule has 104 valence electrons. The Labute approximate surface area is 110 Å². The fraction of sp³-hybridized carbons (Fsp3) is 0.462. The fourth-order valence-electron chi connectivity index (χ4n) is 2.21. The summed E-state index contributed by atoms with van der Waals surface area (Å²) in [7, 11) is 0. The number of rotatable bonds is 3. The van der Waals surface area contributed by atoms with Crippen molar-refractivity contribution in [3.05, 3.63) is 35.4 Å². The zero-order valence-electron chi connectivity index (χ0n) is 10.3. The molecule has 19 heavy (non-hydrogen) atoms. The Kier molecular flexibility index (Phi) is 4.16. The molecular formula is C13H17NO5. The Morgan fingerprint density at radius 3 is 2.79 bits per heavy atom. The Morgan fingerprint density at radius 1 is 1.42 bits per heavy atom. The maximum atomic E-state index is 11.1. The number of aliphatic hydroxyl groups is 3. The summed E-state index contributed by atoms with van der Waals surface area (Å²) in [6.07, 6.45) is -3.23. The Hall–Kier alpha value is -1.47. The van der Waals surface area contributed by atoms with Crippen LogP contribution in [-0.2, 0) is 4.74 Å². The third-order valence-electron chi connectivity index (χ3n) is 3.29. The van der Waals surface area contributed by atoms with Gasteiger partial charge in [-0.3, -0.25) is 4.79 Å². The molecule has 5 N–H and O–H groups in total. The molecule has 1 fully saturated rings. The zero-order chi connectivity index (χ0) is 14.0. The van der Waals surface area contributed by atoms with Crippen LogP contribution in [0.1, 0.15) is 28.4 Å². The van der Waals surface area contributed by atoms with E-state index in [1.807, 2.05) is 0 Å². The number of carbonyl (C=O) groups is 1. The summed E-state index contributed by atoms with van der Waals surface area (Å²) in [6.45, 7) is -0.385. The molecule has 0 spiro atoms. The lowest BCUT2D eigenvalue weighted by Gasteiger charge is -2.36. The lowest BCUT2D eigenvalue weighted by molar-refractivity contribution is -0.181. The number of hydrogen-bond acceptors (Lipinski definition) is 5. The summed E-state index contributed by atoms with van der Waals surface area (Å²) in [6, 6.07) is 6.59. The number of carbonyl (C=O) groups excluding carboxylic acids is 1. The molecule has 6 heteroatoms. The largest absolute Gasteiger partial charge is 0.394 e. The van der Waals surface area contributed by atoms with Crippen molar-refractivity contribution in [3.8, 4) is 0 Å². The first-order chi connectivity index (χ1) is 9.02. The first-order valence-corrected chi connectivity index (χ1v) is 6.05. The van der Waals surface area contributed by atoms with Gasteiger partial charge < -0.3 is 25.8 Å². The second-order valence-corrected chi connectivity index (χ2v) is 4.63. The summed E-state index contributed by atoms with van der Waals surface area (Å²) in [5, 5.41) is 28.5. The van der Waals surface area contributed by atoms with Gasteiger partial charge in [-0.2, -0.15) is 0 Å². The van der Waals surface area contributed by atoms with E-state index in [-0.39, 0.29) is 13.0 Å². The molecule has 1 aliphatic rings. The molecule has 0 aromatic heterocycles. The number of amides is 1. The van der Waals surface area contributed by atoms with Crippen molar-refractivity contribution < 1.29 is 24.9 Å². The quantitative estimate of drug-likeness (QED) is 0.580. The van der Waals surface area contributed by atoms with E-state index in [0.717, 1.165) is 0 Å². The maximum Gasteiger partial charge on any atom is 0.248 e. The molecule has 1 heterocycles. The summed E-state index contributed by atoms with van der Waals surface area (Å²) >= 11 is 0. The van der Waals surface area contributed by atoms with Crippen molar-refractivity contribution in [3.63, 3.8) is 0 Å². The van der Waals surface area contributed by atoms with Crippen LogP contribution in [0.15, 0.2) is 24.3 Å². The zero-order valence-corrected chi connectivity index (χ0v) is 10.3. The van der Waals surface area contributed by atoms with E-state index in [1.54, 1.807) is 24.3 Å². The molecule has 4 atom stereocenters. The van der Waals surface area contributed by atoms with Crippen molar-refractivity contribution in [2.24, 2.45) is 5.73 Å². The monoisotopic (exact) mass is 267 g/mol.